The first-order valence-corrected chi connectivity index (χ1v) is 7.06. The zero-order valence-corrected chi connectivity index (χ0v) is 11.6. The van der Waals surface area contributed by atoms with Crippen LogP contribution in [0.15, 0.2) is 29.1 Å². The van der Waals surface area contributed by atoms with Crippen molar-refractivity contribution in [1.82, 2.24) is 9.55 Å². The highest BCUT2D eigenvalue weighted by Gasteiger charge is 2.23. The fourth-order valence-corrected chi connectivity index (χ4v) is 2.82. The predicted molar refractivity (Wildman–Crippen MR) is 79.1 cm³/mol. The number of aromatic nitrogens is 2. The van der Waals surface area contributed by atoms with Crippen LogP contribution >= 0.6 is 0 Å². The van der Waals surface area contributed by atoms with Crippen molar-refractivity contribution in [3.05, 3.63) is 34.6 Å². The number of nitrogens with zero attached hydrogens (tertiary/aromatic N) is 3. The Bertz CT molecular complexity index is 680. The summed E-state index contributed by atoms with van der Waals surface area (Å²) in [6.45, 7) is 4.26. The molecule has 1 aromatic carbocycles. The van der Waals surface area contributed by atoms with Crippen LogP contribution in [-0.4, -0.2) is 34.4 Å². The van der Waals surface area contributed by atoms with E-state index in [1.54, 1.807) is 10.6 Å². The highest BCUT2D eigenvalue weighted by Crippen LogP contribution is 2.22. The fraction of sp³-hybridized carbons (Fsp3) is 0.467. The van der Waals surface area contributed by atoms with Gasteiger partial charge in [0.2, 0.25) is 5.95 Å². The molecule has 1 aliphatic rings. The lowest BCUT2D eigenvalue weighted by molar-refractivity contribution is 0.274. The summed E-state index contributed by atoms with van der Waals surface area (Å²) in [5, 5.41) is 9.84. The Morgan fingerprint density at radius 2 is 2.20 bits per heavy atom. The number of fused-ring (bicyclic) bond motifs is 1. The minimum atomic E-state index is -0.0702. The first-order valence-electron chi connectivity index (χ1n) is 7.06. The zero-order chi connectivity index (χ0) is 14.1. The molecule has 1 aromatic heterocycles. The van der Waals surface area contributed by atoms with Crippen molar-refractivity contribution < 1.29 is 5.11 Å². The quantitative estimate of drug-likeness (QED) is 0.914. The Morgan fingerprint density at radius 1 is 1.40 bits per heavy atom. The first kappa shape index (κ1) is 13.1. The highest BCUT2D eigenvalue weighted by molar-refractivity contribution is 5.78. The van der Waals surface area contributed by atoms with Gasteiger partial charge in [-0.3, -0.25) is 9.36 Å². The van der Waals surface area contributed by atoms with Crippen LogP contribution in [0.25, 0.3) is 10.9 Å². The van der Waals surface area contributed by atoms with Crippen molar-refractivity contribution in [2.24, 2.45) is 5.92 Å². The maximum atomic E-state index is 12.6. The second kappa shape index (κ2) is 5.25. The summed E-state index contributed by atoms with van der Waals surface area (Å²) in [7, 11) is 0. The third kappa shape index (κ3) is 2.18. The van der Waals surface area contributed by atoms with Gasteiger partial charge in [-0.1, -0.05) is 19.1 Å². The van der Waals surface area contributed by atoms with E-state index in [9.17, 15) is 9.90 Å². The third-order valence-corrected chi connectivity index (χ3v) is 3.87. The van der Waals surface area contributed by atoms with Gasteiger partial charge < -0.3 is 10.0 Å². The Labute approximate surface area is 117 Å². The van der Waals surface area contributed by atoms with Gasteiger partial charge in [0.25, 0.3) is 5.56 Å². The lowest BCUT2D eigenvalue weighted by Crippen LogP contribution is -2.32. The van der Waals surface area contributed by atoms with Gasteiger partial charge in [-0.25, -0.2) is 4.98 Å². The Hall–Kier alpha value is -1.88. The van der Waals surface area contributed by atoms with Gasteiger partial charge in [-0.2, -0.15) is 0 Å². The van der Waals surface area contributed by atoms with E-state index in [4.69, 9.17) is 0 Å². The highest BCUT2D eigenvalue weighted by atomic mass is 16.3. The molecule has 0 saturated carbocycles. The minimum absolute atomic E-state index is 0.0592. The molecule has 0 aliphatic carbocycles. The number of aliphatic hydroxyl groups is 1. The molecule has 1 saturated heterocycles. The molecule has 0 radical (unpaired) electrons. The summed E-state index contributed by atoms with van der Waals surface area (Å²) in [6.07, 6.45) is 1.11. The Balaban J connectivity index is 2.18. The zero-order valence-electron chi connectivity index (χ0n) is 11.6. The van der Waals surface area contributed by atoms with Crippen LogP contribution in [0.3, 0.4) is 0 Å². The van der Waals surface area contributed by atoms with Crippen molar-refractivity contribution in [3.8, 4) is 0 Å². The average Bonchev–Trinajstić information content (AvgIpc) is 2.88. The van der Waals surface area contributed by atoms with E-state index in [0.717, 1.165) is 25.0 Å². The number of para-hydroxylation sites is 1. The summed E-state index contributed by atoms with van der Waals surface area (Å²) in [5.74, 6) is 1.30. The van der Waals surface area contributed by atoms with Gasteiger partial charge in [-0.05, 0) is 24.5 Å². The molecule has 1 fully saturated rings. The number of aliphatic hydroxyl groups excluding tert-OH is 1. The van der Waals surface area contributed by atoms with Crippen molar-refractivity contribution in [1.29, 1.82) is 0 Å². The van der Waals surface area contributed by atoms with Crippen molar-refractivity contribution in [3.63, 3.8) is 0 Å². The second-order valence-corrected chi connectivity index (χ2v) is 5.45. The first-order chi connectivity index (χ1) is 9.70. The van der Waals surface area contributed by atoms with E-state index in [0.29, 0.717) is 17.3 Å². The number of hydrogen-bond donors (Lipinski definition) is 1. The average molecular weight is 273 g/mol. The fourth-order valence-electron chi connectivity index (χ4n) is 2.82. The molecular formula is C15H19N3O2. The maximum Gasteiger partial charge on any atom is 0.262 e. The molecule has 0 bridgehead atoms. The van der Waals surface area contributed by atoms with Crippen LogP contribution in [0.5, 0.6) is 0 Å². The van der Waals surface area contributed by atoms with Gasteiger partial charge in [0.05, 0.1) is 24.1 Å². The second-order valence-electron chi connectivity index (χ2n) is 5.45. The molecule has 2 aromatic rings. The van der Waals surface area contributed by atoms with Gasteiger partial charge in [0.1, 0.15) is 0 Å². The number of anilines is 1. The lowest BCUT2D eigenvalue weighted by atomic mass is 10.2. The van der Waals surface area contributed by atoms with Crippen molar-refractivity contribution in [2.45, 2.75) is 19.9 Å². The van der Waals surface area contributed by atoms with Gasteiger partial charge in [0, 0.05) is 13.1 Å². The topological polar surface area (TPSA) is 58.4 Å². The molecule has 1 N–H and O–H groups in total. The van der Waals surface area contributed by atoms with Gasteiger partial charge >= 0.3 is 0 Å². The normalized spacial score (nSPS) is 18.9. The molecule has 20 heavy (non-hydrogen) atoms. The van der Waals surface area contributed by atoms with Gasteiger partial charge in [0.15, 0.2) is 0 Å². The summed E-state index contributed by atoms with van der Waals surface area (Å²) >= 11 is 0. The molecule has 106 valence electrons. The van der Waals surface area contributed by atoms with Gasteiger partial charge in [-0.15, -0.1) is 0 Å². The Kier molecular flexibility index (Phi) is 3.44. The summed E-state index contributed by atoms with van der Waals surface area (Å²) in [6, 6.07) is 7.38. The SMILES string of the molecule is CC1CCN(c2nc3ccccc3c(=O)n2CCO)C1. The van der Waals surface area contributed by atoms with Crippen molar-refractivity contribution in [2.75, 3.05) is 24.6 Å². The van der Waals surface area contributed by atoms with E-state index in [1.165, 1.54) is 0 Å². The number of hydrogen-bond acceptors (Lipinski definition) is 4. The molecule has 3 rings (SSSR count). The summed E-state index contributed by atoms with van der Waals surface area (Å²) in [5.41, 5.74) is 0.653. The van der Waals surface area contributed by atoms with Crippen LogP contribution in [-0.2, 0) is 6.54 Å². The third-order valence-electron chi connectivity index (χ3n) is 3.87. The molecule has 0 amide bonds. The smallest absolute Gasteiger partial charge is 0.262 e. The lowest BCUT2D eigenvalue weighted by Gasteiger charge is -2.21. The molecule has 1 aliphatic heterocycles. The molecule has 5 heteroatoms. The monoisotopic (exact) mass is 273 g/mol. The van der Waals surface area contributed by atoms with Crippen LogP contribution in [0.1, 0.15) is 13.3 Å². The van der Waals surface area contributed by atoms with Crippen LogP contribution in [0.2, 0.25) is 0 Å². The summed E-state index contributed by atoms with van der Waals surface area (Å²) in [4.78, 5) is 19.4. The van der Waals surface area contributed by atoms with Crippen LogP contribution in [0, 0.1) is 5.92 Å². The molecule has 0 spiro atoms. The molecule has 5 nitrogen and oxygen atoms in total. The summed E-state index contributed by atoms with van der Waals surface area (Å²) < 4.78 is 1.60. The largest absolute Gasteiger partial charge is 0.395 e. The molecule has 1 unspecified atom stereocenters. The molecule has 2 heterocycles. The number of rotatable bonds is 3. The van der Waals surface area contributed by atoms with Crippen molar-refractivity contribution >= 4 is 16.9 Å². The van der Waals surface area contributed by atoms with E-state index in [-0.39, 0.29) is 18.7 Å². The molecular weight excluding hydrogens is 254 g/mol. The predicted octanol–water partition coefficient (Wildman–Crippen LogP) is 1.23. The van der Waals surface area contributed by atoms with E-state index < -0.39 is 0 Å². The van der Waals surface area contributed by atoms with E-state index in [2.05, 4.69) is 16.8 Å². The van der Waals surface area contributed by atoms with Crippen LogP contribution < -0.4 is 10.5 Å². The van der Waals surface area contributed by atoms with E-state index >= 15 is 0 Å². The minimum Gasteiger partial charge on any atom is -0.395 e. The standard InChI is InChI=1S/C15H19N3O2/c1-11-6-7-17(10-11)15-16-13-5-3-2-4-12(13)14(20)18(15)8-9-19/h2-5,11,19H,6-10H2,1H3. The maximum absolute atomic E-state index is 12.6. The van der Waals surface area contributed by atoms with Crippen LogP contribution in [0.4, 0.5) is 5.95 Å². The van der Waals surface area contributed by atoms with E-state index in [1.807, 2.05) is 18.2 Å². The Morgan fingerprint density at radius 3 is 2.90 bits per heavy atom. The number of benzene rings is 1. The molecule has 1 atom stereocenters.